The molecule has 1 aromatic carbocycles. The van der Waals surface area contributed by atoms with Gasteiger partial charge in [-0.05, 0) is 12.1 Å². The van der Waals surface area contributed by atoms with Gasteiger partial charge in [-0.3, -0.25) is 14.5 Å². The van der Waals surface area contributed by atoms with E-state index in [4.69, 9.17) is 13.9 Å². The van der Waals surface area contributed by atoms with Gasteiger partial charge in [0.05, 0.1) is 43.8 Å². The molecule has 1 atom stereocenters. The molecule has 4 aromatic rings. The van der Waals surface area contributed by atoms with Gasteiger partial charge in [-0.25, -0.2) is 0 Å². The molecule has 1 aliphatic rings. The van der Waals surface area contributed by atoms with Crippen molar-refractivity contribution in [1.29, 1.82) is 0 Å². The Kier molecular flexibility index (Phi) is 5.35. The van der Waals surface area contributed by atoms with Gasteiger partial charge < -0.3 is 19.2 Å². The summed E-state index contributed by atoms with van der Waals surface area (Å²) in [6, 6.07) is 3.03. The van der Waals surface area contributed by atoms with E-state index in [1.54, 1.807) is 17.8 Å². The largest absolute Gasteiger partial charge is 0.450 e. The van der Waals surface area contributed by atoms with Crippen LogP contribution in [0, 0.1) is 0 Å². The summed E-state index contributed by atoms with van der Waals surface area (Å²) in [5, 5.41) is 7.07. The first-order valence-corrected chi connectivity index (χ1v) is 10.6. The van der Waals surface area contributed by atoms with Crippen LogP contribution in [0.1, 0.15) is 21.0 Å². The lowest BCUT2D eigenvalue weighted by atomic mass is 10.1. The van der Waals surface area contributed by atoms with Gasteiger partial charge in [-0.15, -0.1) is 11.3 Å². The van der Waals surface area contributed by atoms with Crippen LogP contribution in [0.15, 0.2) is 34.5 Å². The molecule has 4 heterocycles. The first-order chi connectivity index (χ1) is 15.4. The fourth-order valence-corrected chi connectivity index (χ4v) is 4.21. The highest BCUT2D eigenvalue weighted by atomic mass is 32.1. The molecule has 1 amide bonds. The van der Waals surface area contributed by atoms with E-state index in [2.05, 4.69) is 15.4 Å². The molecular formula is C20H17F3N4O4S. The third-order valence-corrected chi connectivity index (χ3v) is 5.83. The molecule has 32 heavy (non-hydrogen) atoms. The van der Waals surface area contributed by atoms with E-state index in [9.17, 15) is 18.0 Å². The number of hydrogen-bond donors (Lipinski definition) is 1. The number of carbonyl (C=O) groups excluding carboxylic acids is 1. The van der Waals surface area contributed by atoms with Crippen LogP contribution in [0.3, 0.4) is 0 Å². The number of ether oxygens (including phenoxy) is 2. The zero-order valence-electron chi connectivity index (χ0n) is 16.5. The maximum absolute atomic E-state index is 14.1. The van der Waals surface area contributed by atoms with E-state index in [1.807, 2.05) is 0 Å². The number of fused-ring (bicyclic) bond motifs is 3. The summed E-state index contributed by atoms with van der Waals surface area (Å²) in [5.74, 6) is -1.75. The topological polar surface area (TPSA) is 91.4 Å². The quantitative estimate of drug-likeness (QED) is 0.483. The SMILES string of the molecule is O=C(NCc1cncs1)c1oc2ccc3cn(C[C@H]4COCCO4)nc3c2c1C(F)(F)F. The molecule has 1 N–H and O–H groups in total. The number of nitrogens with one attached hydrogen (secondary N) is 1. The predicted molar refractivity (Wildman–Crippen MR) is 108 cm³/mol. The molecule has 1 fully saturated rings. The average Bonchev–Trinajstić information content (AvgIpc) is 3.49. The van der Waals surface area contributed by atoms with Gasteiger partial charge in [0.2, 0.25) is 5.76 Å². The van der Waals surface area contributed by atoms with Crippen LogP contribution in [-0.2, 0) is 28.7 Å². The number of amides is 1. The summed E-state index contributed by atoms with van der Waals surface area (Å²) < 4.78 is 60.1. The minimum absolute atomic E-state index is 0.0470. The second kappa shape index (κ2) is 8.19. The van der Waals surface area contributed by atoms with Crippen LogP contribution >= 0.6 is 11.3 Å². The molecule has 168 valence electrons. The van der Waals surface area contributed by atoms with E-state index in [0.29, 0.717) is 36.6 Å². The number of rotatable bonds is 5. The van der Waals surface area contributed by atoms with Crippen LogP contribution in [-0.4, -0.2) is 46.6 Å². The van der Waals surface area contributed by atoms with Crippen molar-refractivity contribution in [3.63, 3.8) is 0 Å². The standard InChI is InChI=1S/C20H17F3N4O4S/c21-20(22,23)16-15-14(31-18(16)19(28)25-6-13-5-24-10-32-13)2-1-11-7-27(26-17(11)15)8-12-9-29-3-4-30-12/h1-2,5,7,10,12H,3-4,6,8-9H2,(H,25,28)/t12-/m0/s1. The van der Waals surface area contributed by atoms with Crippen molar-refractivity contribution in [3.05, 3.63) is 46.2 Å². The number of hydrogen-bond acceptors (Lipinski definition) is 7. The first-order valence-electron chi connectivity index (χ1n) is 9.75. The van der Waals surface area contributed by atoms with E-state index < -0.39 is 23.4 Å². The Labute approximate surface area is 182 Å². The molecule has 1 aliphatic heterocycles. The smallest absolute Gasteiger partial charge is 0.421 e. The van der Waals surface area contributed by atoms with E-state index in [0.717, 1.165) is 0 Å². The van der Waals surface area contributed by atoms with Crippen molar-refractivity contribution in [3.8, 4) is 0 Å². The number of aromatic nitrogens is 3. The molecule has 1 saturated heterocycles. The van der Waals surface area contributed by atoms with Gasteiger partial charge in [0.15, 0.2) is 0 Å². The number of alkyl halides is 3. The van der Waals surface area contributed by atoms with Crippen LogP contribution in [0.2, 0.25) is 0 Å². The summed E-state index contributed by atoms with van der Waals surface area (Å²) in [5.41, 5.74) is 0.482. The fraction of sp³-hybridized carbons (Fsp3) is 0.350. The molecule has 5 rings (SSSR count). The molecule has 0 unspecified atom stereocenters. The lowest BCUT2D eigenvalue weighted by molar-refractivity contribution is -0.137. The molecule has 8 nitrogen and oxygen atoms in total. The molecule has 0 saturated carbocycles. The highest BCUT2D eigenvalue weighted by molar-refractivity contribution is 7.09. The van der Waals surface area contributed by atoms with Crippen molar-refractivity contribution >= 4 is 39.1 Å². The van der Waals surface area contributed by atoms with Crippen molar-refractivity contribution < 1.29 is 31.9 Å². The number of halogens is 3. The molecule has 12 heteroatoms. The van der Waals surface area contributed by atoms with Gasteiger partial charge in [0.1, 0.15) is 22.8 Å². The third kappa shape index (κ3) is 3.96. The van der Waals surface area contributed by atoms with E-state index >= 15 is 0 Å². The Morgan fingerprint density at radius 3 is 2.91 bits per heavy atom. The summed E-state index contributed by atoms with van der Waals surface area (Å²) >= 11 is 1.28. The summed E-state index contributed by atoms with van der Waals surface area (Å²) in [6.07, 6.45) is -1.89. The monoisotopic (exact) mass is 466 g/mol. The number of nitrogens with zero attached hydrogens (tertiary/aromatic N) is 3. The molecule has 0 radical (unpaired) electrons. The summed E-state index contributed by atoms with van der Waals surface area (Å²) in [6.45, 7) is 1.73. The molecule has 0 aliphatic carbocycles. The van der Waals surface area contributed by atoms with Crippen molar-refractivity contribution in [2.75, 3.05) is 19.8 Å². The molecule has 3 aromatic heterocycles. The third-order valence-electron chi connectivity index (χ3n) is 5.05. The lowest BCUT2D eigenvalue weighted by Gasteiger charge is -2.22. The number of carbonyl (C=O) groups is 1. The Morgan fingerprint density at radius 1 is 1.31 bits per heavy atom. The van der Waals surface area contributed by atoms with Crippen LogP contribution in [0.5, 0.6) is 0 Å². The minimum atomic E-state index is -4.82. The number of furan rings is 1. The Hall–Kier alpha value is -2.96. The zero-order valence-corrected chi connectivity index (χ0v) is 17.3. The maximum atomic E-state index is 14.1. The van der Waals surface area contributed by atoms with Gasteiger partial charge >= 0.3 is 6.18 Å². The summed E-state index contributed by atoms with van der Waals surface area (Å²) in [7, 11) is 0. The van der Waals surface area contributed by atoms with Crippen molar-refractivity contribution in [2.45, 2.75) is 25.4 Å². The Morgan fingerprint density at radius 2 is 2.19 bits per heavy atom. The molecule has 0 spiro atoms. The second-order valence-corrected chi connectivity index (χ2v) is 8.22. The highest BCUT2D eigenvalue weighted by Crippen LogP contribution is 2.42. The Balaban J connectivity index is 1.54. The normalized spacial score (nSPS) is 17.3. The lowest BCUT2D eigenvalue weighted by Crippen LogP contribution is -2.32. The number of benzene rings is 1. The zero-order chi connectivity index (χ0) is 22.3. The van der Waals surface area contributed by atoms with Gasteiger partial charge in [0.25, 0.3) is 5.91 Å². The van der Waals surface area contributed by atoms with Crippen LogP contribution in [0.25, 0.3) is 21.9 Å². The van der Waals surface area contributed by atoms with Gasteiger partial charge in [0, 0.05) is 22.7 Å². The maximum Gasteiger partial charge on any atom is 0.421 e. The average molecular weight is 466 g/mol. The second-order valence-electron chi connectivity index (χ2n) is 7.25. The van der Waals surface area contributed by atoms with Gasteiger partial charge in [-0.1, -0.05) is 0 Å². The van der Waals surface area contributed by atoms with E-state index in [-0.39, 0.29) is 29.1 Å². The Bertz CT molecular complexity index is 1260. The van der Waals surface area contributed by atoms with Gasteiger partial charge in [-0.2, -0.15) is 18.3 Å². The molecular weight excluding hydrogens is 449 g/mol. The van der Waals surface area contributed by atoms with Crippen molar-refractivity contribution in [2.24, 2.45) is 0 Å². The number of thiazole rings is 1. The van der Waals surface area contributed by atoms with Crippen molar-refractivity contribution in [1.82, 2.24) is 20.1 Å². The molecule has 0 bridgehead atoms. The van der Waals surface area contributed by atoms with Crippen LogP contribution in [0.4, 0.5) is 13.2 Å². The van der Waals surface area contributed by atoms with Crippen LogP contribution < -0.4 is 5.32 Å². The predicted octanol–water partition coefficient (Wildman–Crippen LogP) is 3.60. The minimum Gasteiger partial charge on any atom is -0.450 e. The van der Waals surface area contributed by atoms with E-state index in [1.165, 1.54) is 28.3 Å². The summed E-state index contributed by atoms with van der Waals surface area (Å²) in [4.78, 5) is 17.2. The highest BCUT2D eigenvalue weighted by Gasteiger charge is 2.42. The fourth-order valence-electron chi connectivity index (χ4n) is 3.67. The first kappa shape index (κ1) is 20.9.